The second kappa shape index (κ2) is 6.25. The second-order valence-corrected chi connectivity index (χ2v) is 6.03. The fraction of sp³-hybridized carbons (Fsp3) is 0.438. The first kappa shape index (κ1) is 17.0. The maximum atomic E-state index is 12.7. The number of nitrogens with one attached hydrogen (secondary N) is 1. The summed E-state index contributed by atoms with van der Waals surface area (Å²) in [7, 11) is 0. The van der Waals surface area contributed by atoms with Crippen molar-refractivity contribution in [3.63, 3.8) is 0 Å². The minimum atomic E-state index is -0.955. The molecule has 1 aromatic carbocycles. The minimum absolute atomic E-state index is 0.110. The number of nitro groups is 1. The molecule has 1 N–H and O–H groups in total. The number of nitro benzene ring substituents is 1. The number of rotatable bonds is 6. The molecule has 0 spiro atoms. The number of epoxide rings is 1. The monoisotopic (exact) mass is 347 g/mol. The average molecular weight is 347 g/mol. The third kappa shape index (κ3) is 3.10. The van der Waals surface area contributed by atoms with Crippen molar-refractivity contribution in [2.24, 2.45) is 5.10 Å². The molecule has 25 heavy (non-hydrogen) atoms. The Balaban J connectivity index is 1.99. The number of nitrogens with zero attached hydrogens (tertiary/aromatic N) is 2. The number of Topliss-reactive ketones (excluding diaryl/α,β-unsaturated/α-hetero) is 1. The molecule has 3 unspecified atom stereocenters. The molecule has 0 saturated carbocycles. The van der Waals surface area contributed by atoms with Gasteiger partial charge < -0.3 is 9.47 Å². The second-order valence-electron chi connectivity index (χ2n) is 6.03. The summed E-state index contributed by atoms with van der Waals surface area (Å²) in [5.41, 5.74) is 2.10. The van der Waals surface area contributed by atoms with E-state index in [-0.39, 0.29) is 30.4 Å². The Morgan fingerprint density at radius 2 is 2.24 bits per heavy atom. The molecule has 9 nitrogen and oxygen atoms in total. The Morgan fingerprint density at radius 3 is 2.84 bits per heavy atom. The maximum absolute atomic E-state index is 12.7. The number of hydrogen-bond donors (Lipinski definition) is 1. The molecule has 9 heteroatoms. The van der Waals surface area contributed by atoms with E-state index < -0.39 is 28.5 Å². The lowest BCUT2D eigenvalue weighted by Crippen LogP contribution is -2.40. The highest BCUT2D eigenvalue weighted by Gasteiger charge is 2.53. The molecule has 0 aromatic heterocycles. The number of hydrogen-bond acceptors (Lipinski definition) is 8. The van der Waals surface area contributed by atoms with E-state index in [2.05, 4.69) is 10.5 Å². The van der Waals surface area contributed by atoms with Crippen LogP contribution < -0.4 is 5.43 Å². The molecule has 3 rings (SSSR count). The van der Waals surface area contributed by atoms with E-state index in [0.717, 1.165) is 0 Å². The Bertz CT molecular complexity index is 771. The summed E-state index contributed by atoms with van der Waals surface area (Å²) >= 11 is 0. The van der Waals surface area contributed by atoms with E-state index in [9.17, 15) is 19.7 Å². The van der Waals surface area contributed by atoms with Gasteiger partial charge in [-0.15, -0.1) is 0 Å². The number of esters is 1. The third-order valence-corrected chi connectivity index (χ3v) is 4.22. The summed E-state index contributed by atoms with van der Waals surface area (Å²) in [5.74, 6) is -1.71. The molecular formula is C16H17N3O6. The average Bonchev–Trinajstić information content (AvgIpc) is 3.19. The van der Waals surface area contributed by atoms with Gasteiger partial charge in [-0.1, -0.05) is 12.1 Å². The molecule has 0 amide bonds. The summed E-state index contributed by atoms with van der Waals surface area (Å²) in [6, 6.07) is 4.88. The lowest BCUT2D eigenvalue weighted by atomic mass is 9.84. The van der Waals surface area contributed by atoms with Crippen molar-refractivity contribution < 1.29 is 24.0 Å². The van der Waals surface area contributed by atoms with Crippen LogP contribution in [0.4, 0.5) is 5.69 Å². The van der Waals surface area contributed by atoms with E-state index in [4.69, 9.17) is 9.47 Å². The van der Waals surface area contributed by atoms with Crippen LogP contribution in [0.2, 0.25) is 0 Å². The van der Waals surface area contributed by atoms with Crippen LogP contribution in [0.25, 0.3) is 0 Å². The summed E-state index contributed by atoms with van der Waals surface area (Å²) in [5, 5.41) is 15.1. The standard InChI is InChI=1S/C16H17N3O6/c1-3-24-15(21)13-11(9-5-4-6-10(7-9)19(22)23)12(17-18-13)14(20)16(2)8-25-16/h4-7,11,13,18H,3,8H2,1-2H3. The van der Waals surface area contributed by atoms with Gasteiger partial charge in [-0.25, -0.2) is 4.79 Å². The van der Waals surface area contributed by atoms with Gasteiger partial charge in [-0.3, -0.25) is 20.3 Å². The fourth-order valence-electron chi connectivity index (χ4n) is 2.75. The molecule has 2 aliphatic heterocycles. The summed E-state index contributed by atoms with van der Waals surface area (Å²) in [6.07, 6.45) is 0. The lowest BCUT2D eigenvalue weighted by Gasteiger charge is -2.19. The highest BCUT2D eigenvalue weighted by Crippen LogP contribution is 2.35. The predicted molar refractivity (Wildman–Crippen MR) is 86.2 cm³/mol. The molecule has 1 saturated heterocycles. The third-order valence-electron chi connectivity index (χ3n) is 4.22. The Kier molecular flexibility index (Phi) is 4.25. The number of carbonyl (C=O) groups is 2. The SMILES string of the molecule is CCOC(=O)C1NN=C(C(=O)C2(C)CO2)C1c1cccc([N+](=O)[O-])c1. The molecule has 0 bridgehead atoms. The van der Waals surface area contributed by atoms with Gasteiger partial charge in [0.05, 0.1) is 24.1 Å². The highest BCUT2D eigenvalue weighted by molar-refractivity contribution is 6.46. The molecule has 3 atom stereocenters. The number of benzene rings is 1. The van der Waals surface area contributed by atoms with Gasteiger partial charge in [0.1, 0.15) is 5.71 Å². The van der Waals surface area contributed by atoms with Crippen molar-refractivity contribution in [1.82, 2.24) is 5.43 Å². The quantitative estimate of drug-likeness (QED) is 0.351. The largest absolute Gasteiger partial charge is 0.464 e. The Labute approximate surface area is 143 Å². The number of ether oxygens (including phenoxy) is 2. The molecule has 1 aromatic rings. The first-order valence-electron chi connectivity index (χ1n) is 7.80. The van der Waals surface area contributed by atoms with Crippen molar-refractivity contribution in [1.29, 1.82) is 0 Å². The van der Waals surface area contributed by atoms with Crippen LogP contribution in [-0.2, 0) is 19.1 Å². The van der Waals surface area contributed by atoms with Crippen molar-refractivity contribution >= 4 is 23.2 Å². The van der Waals surface area contributed by atoms with Gasteiger partial charge in [0, 0.05) is 12.1 Å². The van der Waals surface area contributed by atoms with Gasteiger partial charge in [0.15, 0.2) is 11.6 Å². The molecule has 0 aliphatic carbocycles. The van der Waals surface area contributed by atoms with E-state index in [1.807, 2.05) is 0 Å². The molecular weight excluding hydrogens is 330 g/mol. The maximum Gasteiger partial charge on any atom is 0.331 e. The van der Waals surface area contributed by atoms with Crippen molar-refractivity contribution in [2.75, 3.05) is 13.2 Å². The lowest BCUT2D eigenvalue weighted by molar-refractivity contribution is -0.384. The van der Waals surface area contributed by atoms with Gasteiger partial charge in [0.25, 0.3) is 5.69 Å². The normalized spacial score (nSPS) is 27.2. The Hall–Kier alpha value is -2.81. The zero-order valence-corrected chi connectivity index (χ0v) is 13.7. The summed E-state index contributed by atoms with van der Waals surface area (Å²) in [4.78, 5) is 35.4. The van der Waals surface area contributed by atoms with Gasteiger partial charge in [-0.2, -0.15) is 5.10 Å². The smallest absolute Gasteiger partial charge is 0.331 e. The topological polar surface area (TPSA) is 123 Å². The van der Waals surface area contributed by atoms with E-state index >= 15 is 0 Å². The zero-order chi connectivity index (χ0) is 18.2. The van der Waals surface area contributed by atoms with Crippen LogP contribution in [0.5, 0.6) is 0 Å². The molecule has 1 fully saturated rings. The van der Waals surface area contributed by atoms with E-state index in [0.29, 0.717) is 5.56 Å². The molecule has 2 heterocycles. The van der Waals surface area contributed by atoms with Crippen LogP contribution in [0.1, 0.15) is 25.3 Å². The first-order valence-corrected chi connectivity index (χ1v) is 7.80. The number of hydrazone groups is 1. The predicted octanol–water partition coefficient (Wildman–Crippen LogP) is 0.927. The molecule has 2 aliphatic rings. The first-order chi connectivity index (χ1) is 11.9. The van der Waals surface area contributed by atoms with Crippen LogP contribution in [0.15, 0.2) is 29.4 Å². The van der Waals surface area contributed by atoms with Gasteiger partial charge >= 0.3 is 5.97 Å². The van der Waals surface area contributed by atoms with Crippen molar-refractivity contribution in [3.8, 4) is 0 Å². The molecule has 132 valence electrons. The summed E-state index contributed by atoms with van der Waals surface area (Å²) in [6.45, 7) is 3.75. The Morgan fingerprint density at radius 1 is 1.52 bits per heavy atom. The minimum Gasteiger partial charge on any atom is -0.464 e. The van der Waals surface area contributed by atoms with E-state index in [1.165, 1.54) is 18.2 Å². The fourth-order valence-corrected chi connectivity index (χ4v) is 2.75. The van der Waals surface area contributed by atoms with Crippen molar-refractivity contribution in [3.05, 3.63) is 39.9 Å². The van der Waals surface area contributed by atoms with Crippen LogP contribution in [-0.4, -0.2) is 47.2 Å². The number of non-ortho nitro benzene ring substituents is 1. The van der Waals surface area contributed by atoms with Crippen LogP contribution in [0, 0.1) is 10.1 Å². The zero-order valence-electron chi connectivity index (χ0n) is 13.7. The molecule has 0 radical (unpaired) electrons. The van der Waals surface area contributed by atoms with Gasteiger partial charge in [0.2, 0.25) is 5.78 Å². The number of carbonyl (C=O) groups excluding carboxylic acids is 2. The van der Waals surface area contributed by atoms with Crippen LogP contribution >= 0.6 is 0 Å². The highest BCUT2D eigenvalue weighted by atomic mass is 16.6. The van der Waals surface area contributed by atoms with E-state index in [1.54, 1.807) is 19.9 Å². The van der Waals surface area contributed by atoms with Crippen LogP contribution in [0.3, 0.4) is 0 Å². The van der Waals surface area contributed by atoms with Gasteiger partial charge in [-0.05, 0) is 19.4 Å². The van der Waals surface area contributed by atoms with Crippen molar-refractivity contribution in [2.45, 2.75) is 31.4 Å². The number of ketones is 1. The summed E-state index contributed by atoms with van der Waals surface area (Å²) < 4.78 is 10.2.